The smallest absolute Gasteiger partial charge is 0.271 e. The number of benzene rings is 1. The first-order valence-corrected chi connectivity index (χ1v) is 8.49. The Morgan fingerprint density at radius 3 is 2.50 bits per heavy atom. The van der Waals surface area contributed by atoms with Crippen molar-refractivity contribution in [1.82, 2.24) is 25.3 Å². The molecule has 26 heavy (non-hydrogen) atoms. The maximum absolute atomic E-state index is 12.2. The molecule has 3 aromatic rings. The Bertz CT molecular complexity index is 913. The van der Waals surface area contributed by atoms with Gasteiger partial charge in [-0.05, 0) is 26.0 Å². The van der Waals surface area contributed by atoms with E-state index in [-0.39, 0.29) is 5.91 Å². The number of aryl methyl sites for hydroxylation is 1. The SMILES string of the molecule is CCNc1cc(NCCNC(=O)c2cnc3ccccc3n2)nc(C)n1. The first-order chi connectivity index (χ1) is 12.7. The molecule has 0 radical (unpaired) electrons. The Morgan fingerprint density at radius 1 is 1.00 bits per heavy atom. The van der Waals surface area contributed by atoms with E-state index in [0.29, 0.717) is 35.9 Å². The first kappa shape index (κ1) is 17.5. The predicted octanol–water partition coefficient (Wildman–Crippen LogP) is 2.00. The number of anilines is 2. The van der Waals surface area contributed by atoms with Gasteiger partial charge in [0.1, 0.15) is 23.2 Å². The molecule has 0 aliphatic carbocycles. The summed E-state index contributed by atoms with van der Waals surface area (Å²) in [4.78, 5) is 29.4. The fourth-order valence-corrected chi connectivity index (χ4v) is 2.45. The normalized spacial score (nSPS) is 10.5. The van der Waals surface area contributed by atoms with Gasteiger partial charge in [0.2, 0.25) is 0 Å². The second kappa shape index (κ2) is 8.19. The number of para-hydroxylation sites is 2. The molecule has 3 rings (SSSR count). The summed E-state index contributed by atoms with van der Waals surface area (Å²) >= 11 is 0. The standard InChI is InChI=1S/C18H21N7O/c1-3-19-16-10-17(24-12(2)23-16)20-8-9-21-18(26)15-11-22-13-6-4-5-7-14(13)25-15/h4-7,10-11H,3,8-9H2,1-2H3,(H,21,26)(H2,19,20,23,24). The van der Waals surface area contributed by atoms with Crippen LogP contribution < -0.4 is 16.0 Å². The number of aromatic nitrogens is 4. The van der Waals surface area contributed by atoms with Crippen LogP contribution >= 0.6 is 0 Å². The van der Waals surface area contributed by atoms with Gasteiger partial charge < -0.3 is 16.0 Å². The molecule has 0 unspecified atom stereocenters. The third kappa shape index (κ3) is 4.41. The van der Waals surface area contributed by atoms with Crippen molar-refractivity contribution in [2.45, 2.75) is 13.8 Å². The number of nitrogens with zero attached hydrogens (tertiary/aromatic N) is 4. The minimum absolute atomic E-state index is 0.253. The summed E-state index contributed by atoms with van der Waals surface area (Å²) < 4.78 is 0. The lowest BCUT2D eigenvalue weighted by Gasteiger charge is -2.10. The molecule has 1 aromatic carbocycles. The van der Waals surface area contributed by atoms with Crippen molar-refractivity contribution >= 4 is 28.6 Å². The quantitative estimate of drug-likeness (QED) is 0.559. The highest BCUT2D eigenvalue weighted by Crippen LogP contribution is 2.10. The van der Waals surface area contributed by atoms with Gasteiger partial charge in [-0.2, -0.15) is 0 Å². The van der Waals surface area contributed by atoms with Crippen LogP contribution in [-0.2, 0) is 0 Å². The number of fused-ring (bicyclic) bond motifs is 1. The van der Waals surface area contributed by atoms with Crippen LogP contribution in [0.15, 0.2) is 36.5 Å². The van der Waals surface area contributed by atoms with E-state index in [1.165, 1.54) is 6.20 Å². The highest BCUT2D eigenvalue weighted by molar-refractivity contribution is 5.93. The molecule has 2 aromatic heterocycles. The summed E-state index contributed by atoms with van der Waals surface area (Å²) in [6.07, 6.45) is 1.49. The summed E-state index contributed by atoms with van der Waals surface area (Å²) in [5, 5.41) is 9.16. The zero-order valence-electron chi connectivity index (χ0n) is 14.8. The maximum atomic E-state index is 12.2. The topological polar surface area (TPSA) is 105 Å². The zero-order valence-corrected chi connectivity index (χ0v) is 14.8. The average Bonchev–Trinajstić information content (AvgIpc) is 2.64. The van der Waals surface area contributed by atoms with Gasteiger partial charge in [-0.3, -0.25) is 9.78 Å². The van der Waals surface area contributed by atoms with E-state index in [4.69, 9.17) is 0 Å². The van der Waals surface area contributed by atoms with Crippen molar-refractivity contribution in [3.63, 3.8) is 0 Å². The van der Waals surface area contributed by atoms with E-state index < -0.39 is 0 Å². The third-order valence-electron chi connectivity index (χ3n) is 3.59. The second-order valence-corrected chi connectivity index (χ2v) is 5.64. The molecule has 0 spiro atoms. The van der Waals surface area contributed by atoms with Crippen molar-refractivity contribution in [2.75, 3.05) is 30.3 Å². The Hall–Kier alpha value is -3.29. The van der Waals surface area contributed by atoms with Crippen molar-refractivity contribution in [2.24, 2.45) is 0 Å². The van der Waals surface area contributed by atoms with Crippen LogP contribution in [0.1, 0.15) is 23.2 Å². The van der Waals surface area contributed by atoms with Gasteiger partial charge in [0.25, 0.3) is 5.91 Å². The van der Waals surface area contributed by atoms with Gasteiger partial charge in [-0.1, -0.05) is 12.1 Å². The van der Waals surface area contributed by atoms with E-state index in [9.17, 15) is 4.79 Å². The molecule has 2 heterocycles. The summed E-state index contributed by atoms with van der Waals surface area (Å²) in [7, 11) is 0. The van der Waals surface area contributed by atoms with Crippen LogP contribution in [0.2, 0.25) is 0 Å². The molecule has 3 N–H and O–H groups in total. The molecule has 8 nitrogen and oxygen atoms in total. The van der Waals surface area contributed by atoms with Gasteiger partial charge >= 0.3 is 0 Å². The van der Waals surface area contributed by atoms with Crippen molar-refractivity contribution in [3.05, 3.63) is 48.0 Å². The van der Waals surface area contributed by atoms with E-state index in [0.717, 1.165) is 17.9 Å². The average molecular weight is 351 g/mol. The van der Waals surface area contributed by atoms with E-state index in [2.05, 4.69) is 35.9 Å². The monoisotopic (exact) mass is 351 g/mol. The Morgan fingerprint density at radius 2 is 1.73 bits per heavy atom. The zero-order chi connectivity index (χ0) is 18.4. The van der Waals surface area contributed by atoms with E-state index in [1.54, 1.807) is 0 Å². The summed E-state index contributed by atoms with van der Waals surface area (Å²) in [6.45, 7) is 5.61. The second-order valence-electron chi connectivity index (χ2n) is 5.64. The molecule has 0 bridgehead atoms. The fourth-order valence-electron chi connectivity index (χ4n) is 2.45. The van der Waals surface area contributed by atoms with Gasteiger partial charge in [-0.15, -0.1) is 0 Å². The maximum Gasteiger partial charge on any atom is 0.271 e. The van der Waals surface area contributed by atoms with Gasteiger partial charge in [0, 0.05) is 25.7 Å². The van der Waals surface area contributed by atoms with Crippen molar-refractivity contribution in [3.8, 4) is 0 Å². The number of hydrogen-bond acceptors (Lipinski definition) is 7. The molecule has 0 aliphatic heterocycles. The Kier molecular flexibility index (Phi) is 5.52. The van der Waals surface area contributed by atoms with Crippen LogP contribution in [-0.4, -0.2) is 45.5 Å². The molecule has 0 saturated heterocycles. The first-order valence-electron chi connectivity index (χ1n) is 8.49. The predicted molar refractivity (Wildman–Crippen MR) is 101 cm³/mol. The number of carbonyl (C=O) groups is 1. The highest BCUT2D eigenvalue weighted by Gasteiger charge is 2.08. The minimum Gasteiger partial charge on any atom is -0.370 e. The summed E-state index contributed by atoms with van der Waals surface area (Å²) in [5.74, 6) is 1.92. The van der Waals surface area contributed by atoms with Gasteiger partial charge in [0.05, 0.1) is 17.2 Å². The lowest BCUT2D eigenvalue weighted by Crippen LogP contribution is -2.29. The van der Waals surface area contributed by atoms with Gasteiger partial charge in [-0.25, -0.2) is 15.0 Å². The molecule has 1 amide bonds. The summed E-state index contributed by atoms with van der Waals surface area (Å²) in [6, 6.07) is 9.29. The molecule has 0 atom stereocenters. The molecule has 0 aliphatic rings. The van der Waals surface area contributed by atoms with Crippen LogP contribution in [0.5, 0.6) is 0 Å². The lowest BCUT2D eigenvalue weighted by molar-refractivity contribution is 0.0950. The number of nitrogens with one attached hydrogen (secondary N) is 3. The van der Waals surface area contributed by atoms with E-state index >= 15 is 0 Å². The van der Waals surface area contributed by atoms with Crippen LogP contribution in [0.4, 0.5) is 11.6 Å². The number of rotatable bonds is 7. The van der Waals surface area contributed by atoms with Gasteiger partial charge in [0.15, 0.2) is 0 Å². The molecule has 8 heteroatoms. The fraction of sp³-hybridized carbons (Fsp3) is 0.278. The molecular formula is C18H21N7O. The van der Waals surface area contributed by atoms with E-state index in [1.807, 2.05) is 44.2 Å². The Labute approximate surface area is 151 Å². The largest absolute Gasteiger partial charge is 0.370 e. The number of carbonyl (C=O) groups excluding carboxylic acids is 1. The molecule has 0 fully saturated rings. The van der Waals surface area contributed by atoms with Crippen LogP contribution in [0, 0.1) is 6.92 Å². The number of amides is 1. The summed E-state index contributed by atoms with van der Waals surface area (Å²) in [5.41, 5.74) is 1.77. The number of hydrogen-bond donors (Lipinski definition) is 3. The minimum atomic E-state index is -0.253. The molecule has 134 valence electrons. The lowest BCUT2D eigenvalue weighted by atomic mass is 10.3. The van der Waals surface area contributed by atoms with Crippen molar-refractivity contribution in [1.29, 1.82) is 0 Å². The van der Waals surface area contributed by atoms with Crippen molar-refractivity contribution < 1.29 is 4.79 Å². The third-order valence-corrected chi connectivity index (χ3v) is 3.59. The van der Waals surface area contributed by atoms with Crippen LogP contribution in [0.25, 0.3) is 11.0 Å². The highest BCUT2D eigenvalue weighted by atomic mass is 16.1. The molecular weight excluding hydrogens is 330 g/mol. The molecule has 0 saturated carbocycles. The van der Waals surface area contributed by atoms with Crippen LogP contribution in [0.3, 0.4) is 0 Å². The Balaban J connectivity index is 1.53.